The summed E-state index contributed by atoms with van der Waals surface area (Å²) in [6.07, 6.45) is 2.91. The number of benzene rings is 1. The van der Waals surface area contributed by atoms with E-state index in [1.54, 1.807) is 0 Å². The van der Waals surface area contributed by atoms with Gasteiger partial charge in [-0.2, -0.15) is 0 Å². The van der Waals surface area contributed by atoms with Crippen LogP contribution in [0, 0.1) is 0 Å². The molecule has 0 saturated carbocycles. The van der Waals surface area contributed by atoms with Gasteiger partial charge in [-0.3, -0.25) is 0 Å². The van der Waals surface area contributed by atoms with Crippen molar-refractivity contribution in [2.24, 2.45) is 0 Å². The summed E-state index contributed by atoms with van der Waals surface area (Å²) in [7, 11) is 0. The molecule has 20 heavy (non-hydrogen) atoms. The van der Waals surface area contributed by atoms with Gasteiger partial charge in [-0.05, 0) is 53.9 Å². The van der Waals surface area contributed by atoms with E-state index in [1.807, 2.05) is 24.3 Å². The van der Waals surface area contributed by atoms with Gasteiger partial charge >= 0.3 is 0 Å². The minimum Gasteiger partial charge on any atom is -0.419 e. The molecule has 0 radical (unpaired) electrons. The van der Waals surface area contributed by atoms with Crippen LogP contribution in [0.3, 0.4) is 0 Å². The molecule has 2 N–H and O–H groups in total. The number of aliphatic hydroxyl groups is 1. The number of unbranched alkanes of at least 4 members (excludes halogenated alkanes) is 2. The van der Waals surface area contributed by atoms with Crippen molar-refractivity contribution < 1.29 is 9.52 Å². The molecular formula is C14H18BrN3O2. The van der Waals surface area contributed by atoms with Crippen LogP contribution in [0.2, 0.25) is 0 Å². The maximum atomic E-state index is 8.68. The van der Waals surface area contributed by atoms with E-state index in [0.717, 1.165) is 35.8 Å². The van der Waals surface area contributed by atoms with Crippen LogP contribution in [0.25, 0.3) is 11.5 Å². The van der Waals surface area contributed by atoms with Gasteiger partial charge < -0.3 is 14.8 Å². The van der Waals surface area contributed by atoms with E-state index >= 15 is 0 Å². The largest absolute Gasteiger partial charge is 0.419 e. The van der Waals surface area contributed by atoms with Gasteiger partial charge in [0.1, 0.15) is 0 Å². The van der Waals surface area contributed by atoms with Crippen molar-refractivity contribution >= 4 is 15.9 Å². The van der Waals surface area contributed by atoms with Crippen LogP contribution in [0.1, 0.15) is 25.2 Å². The fraction of sp³-hybridized carbons (Fsp3) is 0.429. The summed E-state index contributed by atoms with van der Waals surface area (Å²) in [5.41, 5.74) is 0.897. The van der Waals surface area contributed by atoms with Crippen molar-refractivity contribution in [2.75, 3.05) is 13.2 Å². The first-order valence-electron chi connectivity index (χ1n) is 6.70. The van der Waals surface area contributed by atoms with E-state index in [2.05, 4.69) is 31.4 Å². The maximum absolute atomic E-state index is 8.68. The molecule has 0 spiro atoms. The second kappa shape index (κ2) is 8.14. The van der Waals surface area contributed by atoms with E-state index in [9.17, 15) is 0 Å². The zero-order valence-electron chi connectivity index (χ0n) is 11.2. The quantitative estimate of drug-likeness (QED) is 0.723. The third-order valence-electron chi connectivity index (χ3n) is 2.86. The average molecular weight is 340 g/mol. The lowest BCUT2D eigenvalue weighted by Gasteiger charge is -2.01. The van der Waals surface area contributed by atoms with Crippen LogP contribution < -0.4 is 5.32 Å². The fourth-order valence-corrected chi connectivity index (χ4v) is 2.26. The Labute approximate surface area is 126 Å². The van der Waals surface area contributed by atoms with Crippen molar-refractivity contribution in [2.45, 2.75) is 25.8 Å². The molecule has 5 nitrogen and oxygen atoms in total. The summed E-state index contributed by atoms with van der Waals surface area (Å²) in [6, 6.07) is 7.75. The third-order valence-corrected chi connectivity index (χ3v) is 3.55. The summed E-state index contributed by atoms with van der Waals surface area (Å²) in [5, 5.41) is 20.0. The number of nitrogens with one attached hydrogen (secondary N) is 1. The van der Waals surface area contributed by atoms with Crippen molar-refractivity contribution in [1.29, 1.82) is 0 Å². The molecule has 0 aliphatic heterocycles. The Hall–Kier alpha value is -1.24. The summed E-state index contributed by atoms with van der Waals surface area (Å²) >= 11 is 3.47. The first-order valence-corrected chi connectivity index (χ1v) is 7.49. The summed E-state index contributed by atoms with van der Waals surface area (Å²) in [5.74, 6) is 1.10. The van der Waals surface area contributed by atoms with Crippen LogP contribution in [-0.2, 0) is 6.54 Å². The first kappa shape index (κ1) is 15.2. The highest BCUT2D eigenvalue weighted by Crippen LogP contribution is 2.26. The zero-order valence-corrected chi connectivity index (χ0v) is 12.8. The molecule has 0 aliphatic carbocycles. The lowest BCUT2D eigenvalue weighted by atomic mass is 10.2. The monoisotopic (exact) mass is 339 g/mol. The Morgan fingerprint density at radius 1 is 1.15 bits per heavy atom. The van der Waals surface area contributed by atoms with Crippen molar-refractivity contribution in [3.63, 3.8) is 0 Å². The molecule has 1 aromatic carbocycles. The molecule has 0 fully saturated rings. The highest BCUT2D eigenvalue weighted by atomic mass is 79.9. The molecule has 108 valence electrons. The van der Waals surface area contributed by atoms with E-state index < -0.39 is 0 Å². The highest BCUT2D eigenvalue weighted by molar-refractivity contribution is 9.10. The zero-order chi connectivity index (χ0) is 14.2. The van der Waals surface area contributed by atoms with Gasteiger partial charge in [0.2, 0.25) is 11.8 Å². The van der Waals surface area contributed by atoms with Crippen LogP contribution in [-0.4, -0.2) is 28.5 Å². The van der Waals surface area contributed by atoms with Gasteiger partial charge in [-0.1, -0.05) is 12.1 Å². The second-order valence-corrected chi connectivity index (χ2v) is 5.30. The summed E-state index contributed by atoms with van der Waals surface area (Å²) < 4.78 is 6.56. The van der Waals surface area contributed by atoms with E-state index in [-0.39, 0.29) is 6.61 Å². The van der Waals surface area contributed by atoms with Gasteiger partial charge in [0.15, 0.2) is 0 Å². The van der Waals surface area contributed by atoms with Crippen LogP contribution in [0.5, 0.6) is 0 Å². The van der Waals surface area contributed by atoms with E-state index in [0.29, 0.717) is 18.3 Å². The Morgan fingerprint density at radius 3 is 2.80 bits per heavy atom. The molecule has 0 aliphatic rings. The fourth-order valence-electron chi connectivity index (χ4n) is 1.80. The molecule has 0 atom stereocenters. The molecule has 2 aromatic rings. The Balaban J connectivity index is 1.82. The van der Waals surface area contributed by atoms with Crippen LogP contribution in [0.4, 0.5) is 0 Å². The van der Waals surface area contributed by atoms with Crippen molar-refractivity contribution in [3.8, 4) is 11.5 Å². The highest BCUT2D eigenvalue weighted by Gasteiger charge is 2.10. The summed E-state index contributed by atoms with van der Waals surface area (Å²) in [4.78, 5) is 0. The normalized spacial score (nSPS) is 10.9. The lowest BCUT2D eigenvalue weighted by molar-refractivity contribution is 0.282. The molecule has 0 unspecified atom stereocenters. The standard InChI is InChI=1S/C14H18BrN3O2/c15-12-7-3-2-6-11(12)14-18-17-13(20-14)10-16-8-4-1-5-9-19/h2-3,6-7,16,19H,1,4-5,8-10H2. The van der Waals surface area contributed by atoms with Gasteiger partial charge in [0.25, 0.3) is 0 Å². The van der Waals surface area contributed by atoms with Crippen LogP contribution in [0.15, 0.2) is 33.2 Å². The number of halogens is 1. The Bertz CT molecular complexity index is 531. The van der Waals surface area contributed by atoms with Crippen molar-refractivity contribution in [1.82, 2.24) is 15.5 Å². The molecule has 6 heteroatoms. The molecule has 2 rings (SSSR count). The Kier molecular flexibility index (Phi) is 6.17. The predicted octanol–water partition coefficient (Wildman–Crippen LogP) is 2.75. The number of hydrogen-bond donors (Lipinski definition) is 2. The molecule has 0 saturated heterocycles. The molecule has 1 aromatic heterocycles. The smallest absolute Gasteiger partial charge is 0.248 e. The average Bonchev–Trinajstić information content (AvgIpc) is 2.92. The van der Waals surface area contributed by atoms with Gasteiger partial charge in [-0.25, -0.2) is 0 Å². The second-order valence-electron chi connectivity index (χ2n) is 4.44. The number of nitrogens with zero attached hydrogens (tertiary/aromatic N) is 2. The topological polar surface area (TPSA) is 71.2 Å². The number of aromatic nitrogens is 2. The first-order chi connectivity index (χ1) is 9.81. The van der Waals surface area contributed by atoms with Gasteiger partial charge in [0, 0.05) is 11.1 Å². The molecule has 1 heterocycles. The number of aliphatic hydroxyl groups excluding tert-OH is 1. The SMILES string of the molecule is OCCCCCNCc1nnc(-c2ccccc2Br)o1. The van der Waals surface area contributed by atoms with Gasteiger partial charge in [0.05, 0.1) is 12.1 Å². The van der Waals surface area contributed by atoms with E-state index in [4.69, 9.17) is 9.52 Å². The number of hydrogen-bond acceptors (Lipinski definition) is 5. The van der Waals surface area contributed by atoms with E-state index in [1.165, 1.54) is 0 Å². The maximum Gasteiger partial charge on any atom is 0.248 e. The third kappa shape index (κ3) is 4.40. The minimum absolute atomic E-state index is 0.263. The van der Waals surface area contributed by atoms with Crippen molar-refractivity contribution in [3.05, 3.63) is 34.6 Å². The van der Waals surface area contributed by atoms with Gasteiger partial charge in [-0.15, -0.1) is 10.2 Å². The minimum atomic E-state index is 0.263. The van der Waals surface area contributed by atoms with Crippen LogP contribution >= 0.6 is 15.9 Å². The molecular weight excluding hydrogens is 322 g/mol. The number of rotatable bonds is 8. The predicted molar refractivity (Wildman–Crippen MR) is 80.1 cm³/mol. The molecule has 0 bridgehead atoms. The Morgan fingerprint density at radius 2 is 2.00 bits per heavy atom. The summed E-state index contributed by atoms with van der Waals surface area (Å²) in [6.45, 7) is 1.71. The lowest BCUT2D eigenvalue weighted by Crippen LogP contribution is -2.14. The molecule has 0 amide bonds.